The molecule has 15 heavy (non-hydrogen) atoms. The Morgan fingerprint density at radius 1 is 1.60 bits per heavy atom. The van der Waals surface area contributed by atoms with E-state index in [1.807, 2.05) is 0 Å². The lowest BCUT2D eigenvalue weighted by Crippen LogP contribution is -2.22. The highest BCUT2D eigenvalue weighted by Crippen LogP contribution is 2.39. The summed E-state index contributed by atoms with van der Waals surface area (Å²) in [6.07, 6.45) is 6.99. The van der Waals surface area contributed by atoms with Gasteiger partial charge < -0.3 is 9.73 Å². The van der Waals surface area contributed by atoms with Crippen molar-refractivity contribution in [2.24, 2.45) is 5.92 Å². The maximum absolute atomic E-state index is 5.30. The van der Waals surface area contributed by atoms with Crippen LogP contribution in [0.1, 0.15) is 44.2 Å². The molecule has 1 N–H and O–H groups in total. The second-order valence-corrected chi connectivity index (χ2v) is 5.06. The largest absolute Gasteiger partial charge is 0.457 e. The number of rotatable bonds is 6. The van der Waals surface area contributed by atoms with Crippen LogP contribution in [0, 0.1) is 5.92 Å². The molecule has 0 aliphatic heterocycles. The summed E-state index contributed by atoms with van der Waals surface area (Å²) >= 11 is 3.46. The van der Waals surface area contributed by atoms with E-state index in [9.17, 15) is 0 Å². The van der Waals surface area contributed by atoms with Gasteiger partial charge in [-0.1, -0.05) is 19.8 Å². The third-order valence-electron chi connectivity index (χ3n) is 2.93. The zero-order chi connectivity index (χ0) is 10.7. The Hall–Kier alpha value is -0.280. The average Bonchev–Trinajstić information content (AvgIpc) is 2.95. The molecule has 84 valence electrons. The second kappa shape index (κ2) is 5.17. The third-order valence-corrected chi connectivity index (χ3v) is 3.57. The molecule has 1 aliphatic rings. The van der Waals surface area contributed by atoms with Crippen molar-refractivity contribution in [2.45, 2.75) is 38.6 Å². The van der Waals surface area contributed by atoms with Gasteiger partial charge in [-0.3, -0.25) is 0 Å². The van der Waals surface area contributed by atoms with Gasteiger partial charge in [0.15, 0.2) is 4.67 Å². The molecule has 0 saturated heterocycles. The van der Waals surface area contributed by atoms with Gasteiger partial charge in [-0.2, -0.15) is 0 Å². The first-order chi connectivity index (χ1) is 7.31. The Kier molecular flexibility index (Phi) is 3.87. The van der Waals surface area contributed by atoms with Gasteiger partial charge in [0.1, 0.15) is 0 Å². The van der Waals surface area contributed by atoms with Gasteiger partial charge in [-0.15, -0.1) is 0 Å². The van der Waals surface area contributed by atoms with Gasteiger partial charge in [-0.05, 0) is 47.3 Å². The van der Waals surface area contributed by atoms with Crippen LogP contribution in [0.5, 0.6) is 0 Å². The molecule has 1 heterocycles. The predicted octanol–water partition coefficient (Wildman–Crippen LogP) is 3.88. The molecule has 0 radical (unpaired) electrons. The maximum Gasteiger partial charge on any atom is 0.173 e. The highest BCUT2D eigenvalue weighted by molar-refractivity contribution is 9.10. The van der Waals surface area contributed by atoms with E-state index >= 15 is 0 Å². The van der Waals surface area contributed by atoms with Gasteiger partial charge in [-0.25, -0.2) is 0 Å². The van der Waals surface area contributed by atoms with E-state index < -0.39 is 0 Å². The fourth-order valence-corrected chi connectivity index (χ4v) is 2.40. The number of nitrogens with one attached hydrogen (secondary N) is 1. The smallest absolute Gasteiger partial charge is 0.173 e. The van der Waals surface area contributed by atoms with Gasteiger partial charge >= 0.3 is 0 Å². The van der Waals surface area contributed by atoms with Crippen molar-refractivity contribution in [1.29, 1.82) is 0 Å². The lowest BCUT2D eigenvalue weighted by molar-refractivity contribution is 0.459. The minimum absolute atomic E-state index is 0.463. The molecule has 0 amide bonds. The fraction of sp³-hybridized carbons (Fsp3) is 0.667. The van der Waals surface area contributed by atoms with Crippen LogP contribution in [0.25, 0.3) is 0 Å². The molecule has 3 heteroatoms. The molecule has 2 rings (SSSR count). The SMILES string of the molecule is CCCNC(CC1CC1)c1ccoc1Br. The van der Waals surface area contributed by atoms with Crippen molar-refractivity contribution < 1.29 is 4.42 Å². The quantitative estimate of drug-likeness (QED) is 0.850. The van der Waals surface area contributed by atoms with Crippen molar-refractivity contribution in [3.05, 3.63) is 22.6 Å². The number of halogens is 1. The Labute approximate surface area is 99.6 Å². The molecule has 1 aliphatic carbocycles. The van der Waals surface area contributed by atoms with Crippen molar-refractivity contribution in [1.82, 2.24) is 5.32 Å². The van der Waals surface area contributed by atoms with Crippen LogP contribution in [0.2, 0.25) is 0 Å². The van der Waals surface area contributed by atoms with Crippen molar-refractivity contribution >= 4 is 15.9 Å². The van der Waals surface area contributed by atoms with Crippen molar-refractivity contribution in [2.75, 3.05) is 6.54 Å². The first-order valence-electron chi connectivity index (χ1n) is 5.77. The Bertz CT molecular complexity index is 306. The van der Waals surface area contributed by atoms with E-state index in [1.54, 1.807) is 6.26 Å². The van der Waals surface area contributed by atoms with Crippen LogP contribution in [-0.4, -0.2) is 6.54 Å². The summed E-state index contributed by atoms with van der Waals surface area (Å²) in [5.41, 5.74) is 1.27. The lowest BCUT2D eigenvalue weighted by atomic mass is 10.0. The zero-order valence-corrected chi connectivity index (χ0v) is 10.7. The Morgan fingerprint density at radius 2 is 2.40 bits per heavy atom. The predicted molar refractivity (Wildman–Crippen MR) is 64.8 cm³/mol. The summed E-state index contributed by atoms with van der Waals surface area (Å²) in [7, 11) is 0. The number of hydrogen-bond donors (Lipinski definition) is 1. The summed E-state index contributed by atoms with van der Waals surface area (Å²) in [6.45, 7) is 3.28. The molecule has 1 saturated carbocycles. The van der Waals surface area contributed by atoms with E-state index in [4.69, 9.17) is 4.42 Å². The van der Waals surface area contributed by atoms with Crippen LogP contribution >= 0.6 is 15.9 Å². The van der Waals surface area contributed by atoms with E-state index in [-0.39, 0.29) is 0 Å². The molecule has 0 spiro atoms. The van der Waals surface area contributed by atoms with Crippen LogP contribution in [0.3, 0.4) is 0 Å². The zero-order valence-electron chi connectivity index (χ0n) is 9.13. The molecule has 1 atom stereocenters. The number of hydrogen-bond acceptors (Lipinski definition) is 2. The molecule has 0 bridgehead atoms. The first kappa shape index (κ1) is 11.2. The monoisotopic (exact) mass is 271 g/mol. The van der Waals surface area contributed by atoms with Crippen LogP contribution in [0.15, 0.2) is 21.4 Å². The minimum atomic E-state index is 0.463. The van der Waals surface area contributed by atoms with Gasteiger partial charge in [0.05, 0.1) is 6.26 Å². The van der Waals surface area contributed by atoms with Crippen LogP contribution in [-0.2, 0) is 0 Å². The van der Waals surface area contributed by atoms with Crippen LogP contribution in [0.4, 0.5) is 0 Å². The molecule has 2 nitrogen and oxygen atoms in total. The summed E-state index contributed by atoms with van der Waals surface area (Å²) in [6, 6.07) is 2.53. The van der Waals surface area contributed by atoms with E-state index in [2.05, 4.69) is 34.2 Å². The van der Waals surface area contributed by atoms with E-state index in [0.717, 1.165) is 17.1 Å². The summed E-state index contributed by atoms with van der Waals surface area (Å²) in [5, 5.41) is 3.59. The molecular formula is C12H18BrNO. The van der Waals surface area contributed by atoms with Crippen LogP contribution < -0.4 is 5.32 Å². The van der Waals surface area contributed by atoms with Gasteiger partial charge in [0.2, 0.25) is 0 Å². The standard InChI is InChI=1S/C12H18BrNO/c1-2-6-14-11(8-9-3-4-9)10-5-7-15-12(10)13/h5,7,9,11,14H,2-4,6,8H2,1H3. The molecule has 1 aromatic heterocycles. The Morgan fingerprint density at radius 3 is 2.93 bits per heavy atom. The summed E-state index contributed by atoms with van der Waals surface area (Å²) < 4.78 is 6.19. The normalized spacial score (nSPS) is 18.0. The second-order valence-electron chi connectivity index (χ2n) is 4.34. The van der Waals surface area contributed by atoms with Crippen molar-refractivity contribution in [3.8, 4) is 0 Å². The topological polar surface area (TPSA) is 25.2 Å². The van der Waals surface area contributed by atoms with E-state index in [0.29, 0.717) is 6.04 Å². The molecule has 1 aromatic rings. The van der Waals surface area contributed by atoms with Gasteiger partial charge in [0.25, 0.3) is 0 Å². The summed E-state index contributed by atoms with van der Waals surface area (Å²) in [5.74, 6) is 0.932. The van der Waals surface area contributed by atoms with Gasteiger partial charge in [0, 0.05) is 11.6 Å². The van der Waals surface area contributed by atoms with Crippen molar-refractivity contribution in [3.63, 3.8) is 0 Å². The Balaban J connectivity index is 1.99. The highest BCUT2D eigenvalue weighted by atomic mass is 79.9. The highest BCUT2D eigenvalue weighted by Gasteiger charge is 2.27. The number of furan rings is 1. The summed E-state index contributed by atoms with van der Waals surface area (Å²) in [4.78, 5) is 0. The third kappa shape index (κ3) is 3.08. The molecule has 1 unspecified atom stereocenters. The molecular weight excluding hydrogens is 254 g/mol. The first-order valence-corrected chi connectivity index (χ1v) is 6.56. The fourth-order valence-electron chi connectivity index (χ4n) is 1.88. The molecule has 0 aromatic carbocycles. The minimum Gasteiger partial charge on any atom is -0.457 e. The maximum atomic E-state index is 5.30. The average molecular weight is 272 g/mol. The van der Waals surface area contributed by atoms with E-state index in [1.165, 1.54) is 31.2 Å². The molecule has 1 fully saturated rings. The lowest BCUT2D eigenvalue weighted by Gasteiger charge is -2.17.